The number of amides is 2. The summed E-state index contributed by atoms with van der Waals surface area (Å²) >= 11 is 5.33. The van der Waals surface area contributed by atoms with Crippen molar-refractivity contribution in [2.45, 2.75) is 25.8 Å². The van der Waals surface area contributed by atoms with Crippen molar-refractivity contribution in [1.82, 2.24) is 15.5 Å². The van der Waals surface area contributed by atoms with Crippen LogP contribution in [0.25, 0.3) is 0 Å². The average Bonchev–Trinajstić information content (AvgIpc) is 2.65. The number of rotatable bonds is 7. The van der Waals surface area contributed by atoms with Gasteiger partial charge in [0.05, 0.1) is 19.4 Å². The minimum Gasteiger partial charge on any atom is -0.463 e. The Morgan fingerprint density at radius 2 is 2.07 bits per heavy atom. The van der Waals surface area contributed by atoms with Crippen molar-refractivity contribution in [2.24, 2.45) is 0 Å². The number of thiocarbonyl (C=S) groups is 1. The molecule has 0 bridgehead atoms. The maximum Gasteiger partial charge on any atom is 0.308 e. The number of hydrogen-bond acceptors (Lipinski definition) is 6. The van der Waals surface area contributed by atoms with E-state index in [4.69, 9.17) is 21.7 Å². The van der Waals surface area contributed by atoms with Crippen LogP contribution >= 0.6 is 12.2 Å². The molecule has 2 rings (SSSR count). The molecule has 1 aromatic rings. The molecule has 0 spiro atoms. The lowest BCUT2D eigenvalue weighted by atomic mass is 10.1. The van der Waals surface area contributed by atoms with E-state index in [2.05, 4.69) is 10.6 Å². The standard InChI is InChI=1S/C19H25N3O5S/c1-13-5-3-4-6-14(13)11-16(23)21-19(28)22-8-7-20-18(25)15(22)12-17(24)27-10-9-26-2/h3-6,15H,7-12H2,1-2H3,(H,20,25)(H,21,23,28). The first-order chi connectivity index (χ1) is 13.4. The number of hydrogen-bond donors (Lipinski definition) is 2. The van der Waals surface area contributed by atoms with Gasteiger partial charge in [0.2, 0.25) is 11.8 Å². The molecule has 1 heterocycles. The minimum absolute atomic E-state index is 0.112. The van der Waals surface area contributed by atoms with E-state index in [0.717, 1.165) is 11.1 Å². The third kappa shape index (κ3) is 6.28. The maximum absolute atomic E-state index is 12.4. The van der Waals surface area contributed by atoms with Crippen LogP contribution in [-0.4, -0.2) is 67.3 Å². The van der Waals surface area contributed by atoms with Gasteiger partial charge in [0.1, 0.15) is 12.6 Å². The lowest BCUT2D eigenvalue weighted by Gasteiger charge is -2.36. The topological polar surface area (TPSA) is 97.0 Å². The Morgan fingerprint density at radius 3 is 2.79 bits per heavy atom. The number of nitrogens with one attached hydrogen (secondary N) is 2. The number of nitrogens with zero attached hydrogens (tertiary/aromatic N) is 1. The summed E-state index contributed by atoms with van der Waals surface area (Å²) in [5.41, 5.74) is 1.91. The molecule has 0 aromatic heterocycles. The normalized spacial score (nSPS) is 16.3. The van der Waals surface area contributed by atoms with Crippen molar-refractivity contribution >= 4 is 35.1 Å². The van der Waals surface area contributed by atoms with Gasteiger partial charge in [-0.2, -0.15) is 0 Å². The SMILES string of the molecule is COCCOC(=O)CC1C(=O)NCCN1C(=S)NC(=O)Cc1ccccc1C. The van der Waals surface area contributed by atoms with Crippen LogP contribution in [0, 0.1) is 6.92 Å². The second-order valence-electron chi connectivity index (χ2n) is 6.37. The number of piperazine rings is 1. The Kier molecular flexibility index (Phi) is 8.34. The summed E-state index contributed by atoms with van der Waals surface area (Å²) in [6, 6.07) is 6.76. The van der Waals surface area contributed by atoms with Crippen molar-refractivity contribution in [1.29, 1.82) is 0 Å². The van der Waals surface area contributed by atoms with Crippen LogP contribution in [-0.2, 0) is 30.3 Å². The van der Waals surface area contributed by atoms with Crippen molar-refractivity contribution in [3.63, 3.8) is 0 Å². The molecule has 8 nitrogen and oxygen atoms in total. The van der Waals surface area contributed by atoms with Crippen molar-refractivity contribution < 1.29 is 23.9 Å². The lowest BCUT2D eigenvalue weighted by Crippen LogP contribution is -2.60. The highest BCUT2D eigenvalue weighted by Crippen LogP contribution is 2.12. The summed E-state index contributed by atoms with van der Waals surface area (Å²) in [7, 11) is 1.50. The zero-order valence-corrected chi connectivity index (χ0v) is 16.8. The van der Waals surface area contributed by atoms with E-state index < -0.39 is 12.0 Å². The van der Waals surface area contributed by atoms with Gasteiger partial charge in [-0.25, -0.2) is 0 Å². The Bertz CT molecular complexity index is 740. The smallest absolute Gasteiger partial charge is 0.308 e. The van der Waals surface area contributed by atoms with Crippen LogP contribution in [0.1, 0.15) is 17.5 Å². The van der Waals surface area contributed by atoms with E-state index in [-0.39, 0.29) is 43.0 Å². The number of ether oxygens (including phenoxy) is 2. The van der Waals surface area contributed by atoms with Crippen LogP contribution in [0.2, 0.25) is 0 Å². The highest BCUT2D eigenvalue weighted by molar-refractivity contribution is 7.80. The molecule has 152 valence electrons. The number of methoxy groups -OCH3 is 1. The fourth-order valence-corrected chi connectivity index (χ4v) is 3.17. The summed E-state index contributed by atoms with van der Waals surface area (Å²) in [5, 5.41) is 5.50. The van der Waals surface area contributed by atoms with Crippen LogP contribution in [0.5, 0.6) is 0 Å². The molecule has 1 saturated heterocycles. The third-order valence-electron chi connectivity index (χ3n) is 4.36. The Balaban J connectivity index is 1.96. The van der Waals surface area contributed by atoms with E-state index in [9.17, 15) is 14.4 Å². The average molecular weight is 407 g/mol. The maximum atomic E-state index is 12.4. The van der Waals surface area contributed by atoms with Gasteiger partial charge in [-0.3, -0.25) is 14.4 Å². The third-order valence-corrected chi connectivity index (χ3v) is 4.70. The van der Waals surface area contributed by atoms with E-state index >= 15 is 0 Å². The molecule has 28 heavy (non-hydrogen) atoms. The first-order valence-electron chi connectivity index (χ1n) is 8.99. The minimum atomic E-state index is -0.824. The highest BCUT2D eigenvalue weighted by Gasteiger charge is 2.34. The second kappa shape index (κ2) is 10.7. The molecule has 1 unspecified atom stereocenters. The molecule has 1 aliphatic heterocycles. The fourth-order valence-electron chi connectivity index (χ4n) is 2.83. The van der Waals surface area contributed by atoms with Gasteiger partial charge in [-0.1, -0.05) is 24.3 Å². The van der Waals surface area contributed by atoms with E-state index in [1.54, 1.807) is 4.90 Å². The van der Waals surface area contributed by atoms with E-state index in [1.807, 2.05) is 31.2 Å². The first-order valence-corrected chi connectivity index (χ1v) is 9.40. The van der Waals surface area contributed by atoms with Gasteiger partial charge in [-0.15, -0.1) is 0 Å². The van der Waals surface area contributed by atoms with Gasteiger partial charge in [-0.05, 0) is 30.3 Å². The van der Waals surface area contributed by atoms with Crippen molar-refractivity contribution in [3.05, 3.63) is 35.4 Å². The van der Waals surface area contributed by atoms with Crippen LogP contribution < -0.4 is 10.6 Å². The second-order valence-corrected chi connectivity index (χ2v) is 6.76. The summed E-state index contributed by atoms with van der Waals surface area (Å²) < 4.78 is 9.86. The largest absolute Gasteiger partial charge is 0.463 e. The zero-order valence-electron chi connectivity index (χ0n) is 16.0. The molecular formula is C19H25N3O5S. The summed E-state index contributed by atoms with van der Waals surface area (Å²) in [4.78, 5) is 38.2. The summed E-state index contributed by atoms with van der Waals surface area (Å²) in [6.45, 7) is 3.09. The predicted molar refractivity (Wildman–Crippen MR) is 107 cm³/mol. The van der Waals surface area contributed by atoms with Crippen LogP contribution in [0.4, 0.5) is 0 Å². The molecule has 1 aromatic carbocycles. The van der Waals surface area contributed by atoms with Gasteiger partial charge in [0.15, 0.2) is 5.11 Å². The lowest BCUT2D eigenvalue weighted by molar-refractivity contribution is -0.148. The molecule has 1 fully saturated rings. The molecular weight excluding hydrogens is 382 g/mol. The number of esters is 1. The van der Waals surface area contributed by atoms with Gasteiger partial charge in [0, 0.05) is 20.2 Å². The Labute approximate surface area is 169 Å². The number of benzene rings is 1. The summed E-state index contributed by atoms with van der Waals surface area (Å²) in [6.07, 6.45) is 0.0138. The van der Waals surface area contributed by atoms with Gasteiger partial charge in [0.25, 0.3) is 0 Å². The highest BCUT2D eigenvalue weighted by atomic mass is 32.1. The van der Waals surface area contributed by atoms with Crippen molar-refractivity contribution in [2.75, 3.05) is 33.4 Å². The fraction of sp³-hybridized carbons (Fsp3) is 0.474. The monoisotopic (exact) mass is 407 g/mol. The Morgan fingerprint density at radius 1 is 1.32 bits per heavy atom. The predicted octanol–water partition coefficient (Wildman–Crippen LogP) is 0.319. The zero-order chi connectivity index (χ0) is 20.5. The number of carbonyl (C=O) groups excluding carboxylic acids is 3. The molecule has 9 heteroatoms. The Hall–Kier alpha value is -2.52. The molecule has 0 radical (unpaired) electrons. The van der Waals surface area contributed by atoms with Crippen LogP contribution in [0.3, 0.4) is 0 Å². The van der Waals surface area contributed by atoms with E-state index in [0.29, 0.717) is 13.1 Å². The van der Waals surface area contributed by atoms with Gasteiger partial charge >= 0.3 is 5.97 Å². The quantitative estimate of drug-likeness (QED) is 0.382. The molecule has 0 saturated carbocycles. The summed E-state index contributed by atoms with van der Waals surface area (Å²) in [5.74, 6) is -1.13. The molecule has 2 N–H and O–H groups in total. The molecule has 1 atom stereocenters. The molecule has 0 aliphatic carbocycles. The number of aryl methyl sites for hydroxylation is 1. The van der Waals surface area contributed by atoms with Crippen LogP contribution in [0.15, 0.2) is 24.3 Å². The first kappa shape index (κ1) is 21.8. The van der Waals surface area contributed by atoms with E-state index in [1.165, 1.54) is 7.11 Å². The van der Waals surface area contributed by atoms with Crippen molar-refractivity contribution in [3.8, 4) is 0 Å². The molecule has 2 amide bonds. The van der Waals surface area contributed by atoms with Gasteiger partial charge < -0.3 is 25.0 Å². The number of carbonyl (C=O) groups is 3. The molecule has 1 aliphatic rings.